The maximum absolute atomic E-state index is 6.07. The summed E-state index contributed by atoms with van der Waals surface area (Å²) in [6.07, 6.45) is 3.63. The molecule has 0 bridgehead atoms. The lowest BCUT2D eigenvalue weighted by molar-refractivity contribution is -0.189. The van der Waals surface area contributed by atoms with Gasteiger partial charge in [0.15, 0.2) is 0 Å². The fraction of sp³-hybridized carbons (Fsp3) is 0.556. The largest absolute Gasteiger partial charge is 0.465 e. The summed E-state index contributed by atoms with van der Waals surface area (Å²) in [5, 5.41) is 0. The molecule has 2 aliphatic heterocycles. The van der Waals surface area contributed by atoms with E-state index in [9.17, 15) is 0 Å². The third-order valence-corrected chi connectivity index (χ3v) is 4.69. The maximum atomic E-state index is 6.07. The molecule has 2 aromatic heterocycles. The minimum Gasteiger partial charge on any atom is -0.465 e. The molecule has 4 rings (SSSR count). The number of furan rings is 1. The lowest BCUT2D eigenvalue weighted by Crippen LogP contribution is -2.65. The molecule has 4 heterocycles. The van der Waals surface area contributed by atoms with Gasteiger partial charge >= 0.3 is 6.01 Å². The van der Waals surface area contributed by atoms with Crippen LogP contribution in [0.4, 0.5) is 0 Å². The Morgan fingerprint density at radius 1 is 1.29 bits per heavy atom. The van der Waals surface area contributed by atoms with E-state index in [1.54, 1.807) is 6.20 Å². The normalized spacial score (nSPS) is 23.2. The van der Waals surface area contributed by atoms with E-state index >= 15 is 0 Å². The van der Waals surface area contributed by atoms with Crippen molar-refractivity contribution >= 4 is 0 Å². The first-order chi connectivity index (χ1) is 11.6. The minimum atomic E-state index is -0.0889. The van der Waals surface area contributed by atoms with E-state index in [0.717, 1.165) is 56.3 Å². The standard InChI is InChI=1S/C18H23N3O3/c1-13-5-7-19-17(20-13)24-15-6-8-22-18(9-15)11-21(12-18)10-16-4-3-14(2)23-16/h3-5,7,15H,6,8-12H2,1-2H3/t15-/m1/s1. The summed E-state index contributed by atoms with van der Waals surface area (Å²) in [6, 6.07) is 6.40. The first-order valence-corrected chi connectivity index (χ1v) is 8.48. The van der Waals surface area contributed by atoms with Crippen molar-refractivity contribution in [3.63, 3.8) is 0 Å². The Morgan fingerprint density at radius 2 is 2.17 bits per heavy atom. The lowest BCUT2D eigenvalue weighted by atomic mass is 9.84. The Bertz CT molecular complexity index is 709. The van der Waals surface area contributed by atoms with Crippen molar-refractivity contribution in [3.8, 4) is 6.01 Å². The number of aromatic nitrogens is 2. The van der Waals surface area contributed by atoms with Gasteiger partial charge in [0.2, 0.25) is 0 Å². The molecule has 2 fully saturated rings. The van der Waals surface area contributed by atoms with Crippen molar-refractivity contribution in [2.75, 3.05) is 19.7 Å². The number of nitrogens with zero attached hydrogens (tertiary/aromatic N) is 3. The van der Waals surface area contributed by atoms with Gasteiger partial charge in [-0.15, -0.1) is 0 Å². The second kappa shape index (κ2) is 6.18. The van der Waals surface area contributed by atoms with Gasteiger partial charge in [-0.25, -0.2) is 9.97 Å². The molecular weight excluding hydrogens is 306 g/mol. The van der Waals surface area contributed by atoms with Gasteiger partial charge in [0, 0.05) is 37.8 Å². The highest BCUT2D eigenvalue weighted by Crippen LogP contribution is 2.36. The van der Waals surface area contributed by atoms with Crippen molar-refractivity contribution in [1.29, 1.82) is 0 Å². The summed E-state index contributed by atoms with van der Waals surface area (Å²) in [6.45, 7) is 7.32. The van der Waals surface area contributed by atoms with E-state index in [1.165, 1.54) is 0 Å². The molecule has 2 aromatic rings. The summed E-state index contributed by atoms with van der Waals surface area (Å²) >= 11 is 0. The highest BCUT2D eigenvalue weighted by atomic mass is 16.5. The molecule has 1 atom stereocenters. The number of aryl methyl sites for hydroxylation is 2. The van der Waals surface area contributed by atoms with Crippen molar-refractivity contribution < 1.29 is 13.9 Å². The molecule has 0 radical (unpaired) electrons. The van der Waals surface area contributed by atoms with Gasteiger partial charge in [0.05, 0.1) is 18.8 Å². The molecule has 0 amide bonds. The predicted molar refractivity (Wildman–Crippen MR) is 87.8 cm³/mol. The number of likely N-dealkylation sites (tertiary alicyclic amines) is 1. The van der Waals surface area contributed by atoms with E-state index in [2.05, 4.69) is 14.9 Å². The van der Waals surface area contributed by atoms with Crippen LogP contribution >= 0.6 is 0 Å². The summed E-state index contributed by atoms with van der Waals surface area (Å²) in [5.74, 6) is 1.97. The number of hydrogen-bond donors (Lipinski definition) is 0. The predicted octanol–water partition coefficient (Wildman–Crippen LogP) is 2.50. The molecule has 2 saturated heterocycles. The fourth-order valence-electron chi connectivity index (χ4n) is 3.61. The van der Waals surface area contributed by atoms with Crippen LogP contribution in [-0.4, -0.2) is 46.3 Å². The Balaban J connectivity index is 1.32. The minimum absolute atomic E-state index is 0.0889. The van der Waals surface area contributed by atoms with Crippen LogP contribution in [0, 0.1) is 13.8 Å². The Morgan fingerprint density at radius 3 is 2.92 bits per heavy atom. The summed E-state index contributed by atoms with van der Waals surface area (Å²) in [5.41, 5.74) is 0.833. The van der Waals surface area contributed by atoms with Crippen LogP contribution < -0.4 is 4.74 Å². The summed E-state index contributed by atoms with van der Waals surface area (Å²) in [4.78, 5) is 10.9. The molecular formula is C18H23N3O3. The van der Waals surface area contributed by atoms with Gasteiger partial charge in [-0.1, -0.05) is 0 Å². The van der Waals surface area contributed by atoms with Crippen LogP contribution in [0.25, 0.3) is 0 Å². The number of rotatable bonds is 4. The highest BCUT2D eigenvalue weighted by Gasteiger charge is 2.48. The van der Waals surface area contributed by atoms with Gasteiger partial charge < -0.3 is 13.9 Å². The average Bonchev–Trinajstić information content (AvgIpc) is 2.91. The van der Waals surface area contributed by atoms with E-state index < -0.39 is 0 Å². The smallest absolute Gasteiger partial charge is 0.316 e. The Hall–Kier alpha value is -1.92. The van der Waals surface area contributed by atoms with Crippen LogP contribution in [0.3, 0.4) is 0 Å². The first kappa shape index (κ1) is 15.6. The molecule has 1 spiro atoms. The van der Waals surface area contributed by atoms with Crippen molar-refractivity contribution in [3.05, 3.63) is 41.6 Å². The van der Waals surface area contributed by atoms with Crippen LogP contribution in [0.1, 0.15) is 30.1 Å². The maximum Gasteiger partial charge on any atom is 0.316 e. The van der Waals surface area contributed by atoms with Gasteiger partial charge in [-0.05, 0) is 32.0 Å². The van der Waals surface area contributed by atoms with Gasteiger partial charge in [-0.3, -0.25) is 4.90 Å². The zero-order valence-corrected chi connectivity index (χ0v) is 14.2. The third kappa shape index (κ3) is 3.30. The molecule has 6 nitrogen and oxygen atoms in total. The number of hydrogen-bond acceptors (Lipinski definition) is 6. The Labute approximate surface area is 141 Å². The summed E-state index contributed by atoms with van der Waals surface area (Å²) in [7, 11) is 0. The molecule has 0 N–H and O–H groups in total. The van der Waals surface area contributed by atoms with Crippen LogP contribution in [0.5, 0.6) is 6.01 Å². The topological polar surface area (TPSA) is 60.6 Å². The SMILES string of the molecule is Cc1ccnc(O[C@@H]2CCOC3(C2)CN(Cc2ccc(C)o2)C3)n1. The number of ether oxygens (including phenoxy) is 2. The summed E-state index contributed by atoms with van der Waals surface area (Å²) < 4.78 is 17.7. The molecule has 24 heavy (non-hydrogen) atoms. The van der Waals surface area contributed by atoms with Gasteiger partial charge in [0.1, 0.15) is 17.6 Å². The van der Waals surface area contributed by atoms with Crippen molar-refractivity contribution in [1.82, 2.24) is 14.9 Å². The lowest BCUT2D eigenvalue weighted by Gasteiger charge is -2.52. The molecule has 0 unspecified atom stereocenters. The zero-order chi connectivity index (χ0) is 16.6. The average molecular weight is 329 g/mol. The molecule has 6 heteroatoms. The van der Waals surface area contributed by atoms with E-state index in [1.807, 2.05) is 32.0 Å². The van der Waals surface area contributed by atoms with E-state index in [0.29, 0.717) is 6.01 Å². The van der Waals surface area contributed by atoms with E-state index in [-0.39, 0.29) is 11.7 Å². The molecule has 0 aliphatic carbocycles. The quantitative estimate of drug-likeness (QED) is 0.859. The molecule has 2 aliphatic rings. The highest BCUT2D eigenvalue weighted by molar-refractivity contribution is 5.09. The first-order valence-electron chi connectivity index (χ1n) is 8.48. The fourth-order valence-corrected chi connectivity index (χ4v) is 3.61. The van der Waals surface area contributed by atoms with Crippen molar-refractivity contribution in [2.24, 2.45) is 0 Å². The van der Waals surface area contributed by atoms with E-state index in [4.69, 9.17) is 13.9 Å². The van der Waals surface area contributed by atoms with Gasteiger partial charge in [-0.2, -0.15) is 0 Å². The van der Waals surface area contributed by atoms with Gasteiger partial charge in [0.25, 0.3) is 0 Å². The zero-order valence-electron chi connectivity index (χ0n) is 14.2. The second-order valence-electron chi connectivity index (χ2n) is 6.90. The van der Waals surface area contributed by atoms with Crippen LogP contribution in [0.15, 0.2) is 28.8 Å². The third-order valence-electron chi connectivity index (χ3n) is 4.69. The monoisotopic (exact) mass is 329 g/mol. The molecule has 0 aromatic carbocycles. The Kier molecular flexibility index (Phi) is 4.02. The second-order valence-corrected chi connectivity index (χ2v) is 6.90. The van der Waals surface area contributed by atoms with Crippen molar-refractivity contribution in [2.45, 2.75) is 44.9 Å². The molecule has 128 valence electrons. The molecule has 0 saturated carbocycles. The van der Waals surface area contributed by atoms with Crippen LogP contribution in [0.2, 0.25) is 0 Å². The van der Waals surface area contributed by atoms with Crippen LogP contribution in [-0.2, 0) is 11.3 Å².